The van der Waals surface area contributed by atoms with Crippen molar-refractivity contribution in [3.8, 4) is 0 Å². The van der Waals surface area contributed by atoms with Crippen molar-refractivity contribution in [2.24, 2.45) is 0 Å². The molecule has 0 fully saturated rings. The van der Waals surface area contributed by atoms with E-state index in [-0.39, 0.29) is 18.0 Å². The van der Waals surface area contributed by atoms with Gasteiger partial charge in [0, 0.05) is 23.3 Å². The number of carbonyl (C=O) groups excluding carboxylic acids is 1. The number of fused-ring (bicyclic) bond motifs is 3. The molecule has 3 heterocycles. The molecule has 0 saturated carbocycles. The van der Waals surface area contributed by atoms with Crippen molar-refractivity contribution < 1.29 is 4.79 Å². The first kappa shape index (κ1) is 16.0. The fourth-order valence-electron chi connectivity index (χ4n) is 3.11. The zero-order chi connectivity index (χ0) is 18.1. The normalized spacial score (nSPS) is 11.1. The average Bonchev–Trinajstić information content (AvgIpc) is 2.95. The molecule has 4 rings (SSSR count). The molecule has 0 unspecified atom stereocenters. The van der Waals surface area contributed by atoms with Crippen LogP contribution >= 0.6 is 0 Å². The monoisotopic (exact) mass is 347 g/mol. The number of nitrogens with one attached hydrogen (secondary N) is 1. The standard InChI is InChI=1S/C19H17N5O2/c1-13-10-17(25)22-19-15-7-2-3-8-16(15)23(24(13)19)12-18(26)21-11-14-6-4-5-9-20-14/h2-10H,11-12H2,1H3,(H,21,26). The highest BCUT2D eigenvalue weighted by Crippen LogP contribution is 2.21. The van der Waals surface area contributed by atoms with Gasteiger partial charge in [-0.25, -0.2) is 4.52 Å². The highest BCUT2D eigenvalue weighted by atomic mass is 16.2. The fraction of sp³-hybridized carbons (Fsp3) is 0.158. The summed E-state index contributed by atoms with van der Waals surface area (Å²) in [5.74, 6) is -0.142. The van der Waals surface area contributed by atoms with Crippen LogP contribution in [0.4, 0.5) is 0 Å². The summed E-state index contributed by atoms with van der Waals surface area (Å²) >= 11 is 0. The molecule has 0 aliphatic heterocycles. The highest BCUT2D eigenvalue weighted by molar-refractivity contribution is 5.93. The van der Waals surface area contributed by atoms with E-state index in [9.17, 15) is 9.59 Å². The smallest absolute Gasteiger partial charge is 0.273 e. The largest absolute Gasteiger partial charge is 0.349 e. The molecule has 0 aliphatic rings. The number of pyridine rings is 1. The Morgan fingerprint density at radius 1 is 1.15 bits per heavy atom. The molecule has 0 atom stereocenters. The van der Waals surface area contributed by atoms with E-state index in [4.69, 9.17) is 0 Å². The van der Waals surface area contributed by atoms with Gasteiger partial charge in [0.15, 0.2) is 5.65 Å². The second-order valence-corrected chi connectivity index (χ2v) is 6.04. The number of amides is 1. The zero-order valence-corrected chi connectivity index (χ0v) is 14.2. The number of hydrogen-bond donors (Lipinski definition) is 1. The van der Waals surface area contributed by atoms with Crippen molar-refractivity contribution in [3.63, 3.8) is 0 Å². The molecule has 0 saturated heterocycles. The van der Waals surface area contributed by atoms with Gasteiger partial charge in [-0.3, -0.25) is 19.3 Å². The Balaban J connectivity index is 1.71. The molecule has 1 amide bonds. The van der Waals surface area contributed by atoms with Crippen molar-refractivity contribution in [2.75, 3.05) is 0 Å². The number of hydrogen-bond acceptors (Lipinski definition) is 4. The molecule has 1 N–H and O–H groups in total. The van der Waals surface area contributed by atoms with E-state index in [1.54, 1.807) is 6.20 Å². The van der Waals surface area contributed by atoms with Crippen LogP contribution in [0.3, 0.4) is 0 Å². The molecule has 0 aliphatic carbocycles. The van der Waals surface area contributed by atoms with Crippen molar-refractivity contribution >= 4 is 22.5 Å². The minimum absolute atomic E-state index is 0.113. The predicted octanol–water partition coefficient (Wildman–Crippen LogP) is 1.67. The Kier molecular flexibility index (Phi) is 3.96. The van der Waals surface area contributed by atoms with E-state index >= 15 is 0 Å². The Morgan fingerprint density at radius 3 is 2.77 bits per heavy atom. The summed E-state index contributed by atoms with van der Waals surface area (Å²) in [6.07, 6.45) is 1.69. The molecule has 0 spiro atoms. The minimum atomic E-state index is -0.287. The van der Waals surface area contributed by atoms with Gasteiger partial charge in [-0.15, -0.1) is 0 Å². The quantitative estimate of drug-likeness (QED) is 0.609. The number of aryl methyl sites for hydroxylation is 1. The van der Waals surface area contributed by atoms with Crippen LogP contribution in [-0.4, -0.2) is 25.1 Å². The molecule has 4 aromatic rings. The van der Waals surface area contributed by atoms with Crippen LogP contribution < -0.4 is 10.9 Å². The zero-order valence-electron chi connectivity index (χ0n) is 14.2. The number of aromatic nitrogens is 4. The van der Waals surface area contributed by atoms with Gasteiger partial charge in [0.2, 0.25) is 5.91 Å². The summed E-state index contributed by atoms with van der Waals surface area (Å²) in [4.78, 5) is 32.6. The molecule has 26 heavy (non-hydrogen) atoms. The van der Waals surface area contributed by atoms with Crippen LogP contribution in [0.2, 0.25) is 0 Å². The Morgan fingerprint density at radius 2 is 1.96 bits per heavy atom. The molecule has 7 heteroatoms. The van der Waals surface area contributed by atoms with Crippen LogP contribution in [0.15, 0.2) is 59.5 Å². The Bertz CT molecular complexity index is 1160. The van der Waals surface area contributed by atoms with E-state index in [1.807, 2.05) is 58.6 Å². The van der Waals surface area contributed by atoms with Crippen LogP contribution in [0.1, 0.15) is 11.4 Å². The van der Waals surface area contributed by atoms with Gasteiger partial charge in [-0.1, -0.05) is 18.2 Å². The van der Waals surface area contributed by atoms with E-state index in [2.05, 4.69) is 15.3 Å². The molecule has 1 aromatic carbocycles. The van der Waals surface area contributed by atoms with Crippen LogP contribution in [0.25, 0.3) is 16.6 Å². The third-order valence-corrected chi connectivity index (χ3v) is 4.23. The second-order valence-electron chi connectivity index (χ2n) is 6.04. The number of nitrogens with zero attached hydrogens (tertiary/aromatic N) is 4. The third kappa shape index (κ3) is 2.83. The van der Waals surface area contributed by atoms with Crippen molar-refractivity contribution in [3.05, 3.63) is 76.5 Å². The lowest BCUT2D eigenvalue weighted by atomic mass is 10.2. The highest BCUT2D eigenvalue weighted by Gasteiger charge is 2.15. The molecule has 7 nitrogen and oxygen atoms in total. The third-order valence-electron chi connectivity index (χ3n) is 4.23. The predicted molar refractivity (Wildman–Crippen MR) is 97.8 cm³/mol. The second kappa shape index (κ2) is 6.44. The van der Waals surface area contributed by atoms with E-state index in [1.165, 1.54) is 6.07 Å². The van der Waals surface area contributed by atoms with E-state index in [0.717, 1.165) is 22.3 Å². The lowest BCUT2D eigenvalue weighted by Crippen LogP contribution is -2.29. The lowest BCUT2D eigenvalue weighted by Gasteiger charge is -2.11. The van der Waals surface area contributed by atoms with Crippen LogP contribution in [-0.2, 0) is 17.9 Å². The topological polar surface area (TPSA) is 81.3 Å². The van der Waals surface area contributed by atoms with Crippen molar-refractivity contribution in [1.29, 1.82) is 0 Å². The minimum Gasteiger partial charge on any atom is -0.349 e. The van der Waals surface area contributed by atoms with Gasteiger partial charge in [-0.2, -0.15) is 4.98 Å². The molecule has 0 bridgehead atoms. The molecule has 130 valence electrons. The summed E-state index contributed by atoms with van der Waals surface area (Å²) in [6, 6.07) is 14.7. The van der Waals surface area contributed by atoms with Crippen LogP contribution in [0, 0.1) is 6.92 Å². The van der Waals surface area contributed by atoms with E-state index in [0.29, 0.717) is 12.2 Å². The fourth-order valence-corrected chi connectivity index (χ4v) is 3.11. The van der Waals surface area contributed by atoms with Gasteiger partial charge in [0.05, 0.1) is 17.8 Å². The SMILES string of the molecule is Cc1cc(=O)nc2c3ccccc3n(CC(=O)NCc3ccccn3)n12. The van der Waals surface area contributed by atoms with Crippen molar-refractivity contribution in [2.45, 2.75) is 20.0 Å². The van der Waals surface area contributed by atoms with Crippen LogP contribution in [0.5, 0.6) is 0 Å². The van der Waals surface area contributed by atoms with Gasteiger partial charge in [0.25, 0.3) is 5.56 Å². The molecular weight excluding hydrogens is 330 g/mol. The number of para-hydroxylation sites is 1. The summed E-state index contributed by atoms with van der Waals surface area (Å²) in [7, 11) is 0. The first-order valence-electron chi connectivity index (χ1n) is 8.28. The maximum Gasteiger partial charge on any atom is 0.273 e. The lowest BCUT2D eigenvalue weighted by molar-refractivity contribution is -0.122. The Hall–Kier alpha value is -3.48. The van der Waals surface area contributed by atoms with E-state index < -0.39 is 0 Å². The number of benzene rings is 1. The average molecular weight is 347 g/mol. The maximum atomic E-state index is 12.5. The molecular formula is C19H17N5O2. The first-order valence-corrected chi connectivity index (χ1v) is 8.28. The first-order chi connectivity index (χ1) is 12.6. The number of rotatable bonds is 4. The Labute approximate surface area is 148 Å². The van der Waals surface area contributed by atoms with Gasteiger partial charge >= 0.3 is 0 Å². The summed E-state index contributed by atoms with van der Waals surface area (Å²) < 4.78 is 3.65. The molecule has 0 radical (unpaired) electrons. The van der Waals surface area contributed by atoms with Gasteiger partial charge < -0.3 is 5.32 Å². The number of carbonyl (C=O) groups is 1. The summed E-state index contributed by atoms with van der Waals surface area (Å²) in [5, 5.41) is 3.72. The van der Waals surface area contributed by atoms with Crippen molar-refractivity contribution in [1.82, 2.24) is 24.5 Å². The molecule has 3 aromatic heterocycles. The summed E-state index contributed by atoms with van der Waals surface area (Å²) in [5.41, 5.74) is 2.65. The maximum absolute atomic E-state index is 12.5. The van der Waals surface area contributed by atoms with Gasteiger partial charge in [-0.05, 0) is 31.2 Å². The summed E-state index contributed by atoms with van der Waals surface area (Å²) in [6.45, 7) is 2.31. The van der Waals surface area contributed by atoms with Gasteiger partial charge in [0.1, 0.15) is 6.54 Å².